The molecule has 0 fully saturated rings. The van der Waals surface area contributed by atoms with Gasteiger partial charge in [-0.25, -0.2) is 0 Å². The lowest BCUT2D eigenvalue weighted by Crippen LogP contribution is -2.03. The Hall–Kier alpha value is -0.810. The molecule has 0 aromatic heterocycles. The molecule has 0 aliphatic carbocycles. The zero-order chi connectivity index (χ0) is 12.6. The largest absolute Gasteiger partial charge is 0.508 e. The fraction of sp³-hybridized carbons (Fsp3) is 0.429. The Kier molecular flexibility index (Phi) is 7.93. The number of aliphatic hydroxyl groups is 1. The van der Waals surface area contributed by atoms with Crippen molar-refractivity contribution >= 4 is 8.58 Å². The minimum atomic E-state index is 0.244. The summed E-state index contributed by atoms with van der Waals surface area (Å²) in [5, 5.41) is 9.54. The average Bonchev–Trinajstić information content (AvgIpc) is 2.31. The van der Waals surface area contributed by atoms with Crippen molar-refractivity contribution in [2.24, 2.45) is 0 Å². The topological polar surface area (TPSA) is 20.2 Å². The van der Waals surface area contributed by atoms with Crippen molar-refractivity contribution in [1.82, 2.24) is 0 Å². The molecule has 0 amide bonds. The third kappa shape index (κ3) is 4.81. The summed E-state index contributed by atoms with van der Waals surface area (Å²) in [5.74, 6) is 0.244. The standard InChI is InChI=1S/C14H23OP/c1-6-9-14(16-5)12(7-2)10-11(4)13(15)8-3/h7-8,10,14-16H,2-3,6,9H2,1,4-5H3/b12-10+,13-11+. The number of aliphatic hydroxyl groups excluding tert-OH is 1. The van der Waals surface area contributed by atoms with Crippen LogP contribution in [0.3, 0.4) is 0 Å². The second-order valence-electron chi connectivity index (χ2n) is 3.75. The molecule has 0 saturated heterocycles. The van der Waals surface area contributed by atoms with Crippen LogP contribution in [0.5, 0.6) is 0 Å². The Morgan fingerprint density at radius 1 is 1.38 bits per heavy atom. The van der Waals surface area contributed by atoms with Gasteiger partial charge in [0.1, 0.15) is 5.76 Å². The minimum absolute atomic E-state index is 0.244. The molecule has 0 aliphatic heterocycles. The van der Waals surface area contributed by atoms with E-state index < -0.39 is 0 Å². The molecule has 0 aromatic rings. The molecule has 0 aliphatic rings. The Balaban J connectivity index is 5.03. The van der Waals surface area contributed by atoms with E-state index in [2.05, 4.69) is 26.7 Å². The second kappa shape index (κ2) is 8.35. The van der Waals surface area contributed by atoms with Crippen molar-refractivity contribution in [1.29, 1.82) is 0 Å². The molecule has 1 nitrogen and oxygen atoms in total. The summed E-state index contributed by atoms with van der Waals surface area (Å²) in [7, 11) is 0.867. The van der Waals surface area contributed by atoms with Crippen LogP contribution in [0.1, 0.15) is 26.7 Å². The van der Waals surface area contributed by atoms with Crippen LogP contribution in [-0.4, -0.2) is 17.4 Å². The third-order valence-electron chi connectivity index (χ3n) is 2.54. The number of allylic oxidation sites excluding steroid dienone is 5. The van der Waals surface area contributed by atoms with Crippen LogP contribution in [-0.2, 0) is 0 Å². The van der Waals surface area contributed by atoms with Gasteiger partial charge in [-0.3, -0.25) is 0 Å². The van der Waals surface area contributed by atoms with Gasteiger partial charge >= 0.3 is 0 Å². The fourth-order valence-electron chi connectivity index (χ4n) is 1.55. The zero-order valence-electron chi connectivity index (χ0n) is 10.6. The predicted octanol–water partition coefficient (Wildman–Crippen LogP) is 4.59. The molecule has 0 heterocycles. The molecule has 0 aromatic carbocycles. The maximum Gasteiger partial charge on any atom is 0.117 e. The van der Waals surface area contributed by atoms with Gasteiger partial charge in [0.05, 0.1) is 0 Å². The van der Waals surface area contributed by atoms with Crippen LogP contribution in [0.4, 0.5) is 0 Å². The van der Waals surface area contributed by atoms with Crippen molar-refractivity contribution in [3.8, 4) is 0 Å². The predicted molar refractivity (Wildman–Crippen MR) is 76.7 cm³/mol. The Bertz CT molecular complexity index is 300. The van der Waals surface area contributed by atoms with E-state index in [-0.39, 0.29) is 5.76 Å². The van der Waals surface area contributed by atoms with Crippen molar-refractivity contribution in [2.45, 2.75) is 32.3 Å². The van der Waals surface area contributed by atoms with Crippen LogP contribution in [0.15, 0.2) is 48.3 Å². The van der Waals surface area contributed by atoms with Crippen LogP contribution in [0.25, 0.3) is 0 Å². The Morgan fingerprint density at radius 3 is 2.38 bits per heavy atom. The molecular weight excluding hydrogens is 215 g/mol. The molecule has 1 N–H and O–H groups in total. The van der Waals surface area contributed by atoms with E-state index in [0.717, 1.165) is 14.2 Å². The van der Waals surface area contributed by atoms with E-state index in [4.69, 9.17) is 0 Å². The van der Waals surface area contributed by atoms with Crippen LogP contribution in [0, 0.1) is 0 Å². The molecule has 90 valence electrons. The first-order chi connectivity index (χ1) is 7.60. The Morgan fingerprint density at radius 2 is 2.00 bits per heavy atom. The molecule has 0 saturated carbocycles. The van der Waals surface area contributed by atoms with E-state index in [1.54, 1.807) is 0 Å². The van der Waals surface area contributed by atoms with Crippen LogP contribution in [0.2, 0.25) is 0 Å². The van der Waals surface area contributed by atoms with Gasteiger partial charge in [0.15, 0.2) is 0 Å². The molecule has 0 bridgehead atoms. The van der Waals surface area contributed by atoms with Gasteiger partial charge in [-0.15, -0.1) is 8.58 Å². The zero-order valence-corrected chi connectivity index (χ0v) is 11.6. The van der Waals surface area contributed by atoms with E-state index in [9.17, 15) is 5.11 Å². The molecule has 0 spiro atoms. The smallest absolute Gasteiger partial charge is 0.117 e. The fourth-order valence-corrected chi connectivity index (χ4v) is 2.66. The normalized spacial score (nSPS) is 16.1. The lowest BCUT2D eigenvalue weighted by molar-refractivity contribution is 0.428. The number of rotatable bonds is 7. The molecule has 2 heteroatoms. The lowest BCUT2D eigenvalue weighted by atomic mass is 10.0. The summed E-state index contributed by atoms with van der Waals surface area (Å²) >= 11 is 0. The van der Waals surface area contributed by atoms with E-state index in [1.165, 1.54) is 24.5 Å². The SMILES string of the molecule is C=C/C(=C\C(C)=C(\O)C=C)C(CCC)PC. The highest BCUT2D eigenvalue weighted by atomic mass is 31.1. The lowest BCUT2D eigenvalue weighted by Gasteiger charge is -2.15. The second-order valence-corrected chi connectivity index (χ2v) is 5.03. The highest BCUT2D eigenvalue weighted by molar-refractivity contribution is 7.38. The first kappa shape index (κ1) is 15.2. The highest BCUT2D eigenvalue weighted by Gasteiger charge is 2.08. The molecular formula is C14H23OP. The van der Waals surface area contributed by atoms with Crippen LogP contribution < -0.4 is 0 Å². The highest BCUT2D eigenvalue weighted by Crippen LogP contribution is 2.28. The van der Waals surface area contributed by atoms with E-state index in [0.29, 0.717) is 5.66 Å². The summed E-state index contributed by atoms with van der Waals surface area (Å²) in [6.45, 7) is 13.7. The molecule has 0 rings (SSSR count). The van der Waals surface area contributed by atoms with Gasteiger partial charge in [0, 0.05) is 5.66 Å². The molecule has 0 radical (unpaired) electrons. The van der Waals surface area contributed by atoms with Gasteiger partial charge in [-0.05, 0) is 37.2 Å². The first-order valence-electron chi connectivity index (χ1n) is 5.64. The van der Waals surface area contributed by atoms with Crippen molar-refractivity contribution in [3.63, 3.8) is 0 Å². The summed E-state index contributed by atoms with van der Waals surface area (Å²) < 4.78 is 0. The summed E-state index contributed by atoms with van der Waals surface area (Å²) in [6.07, 6.45) is 7.73. The van der Waals surface area contributed by atoms with Gasteiger partial charge in [-0.1, -0.05) is 38.7 Å². The van der Waals surface area contributed by atoms with Gasteiger partial charge in [0.2, 0.25) is 0 Å². The molecule has 2 unspecified atom stereocenters. The first-order valence-corrected chi connectivity index (χ1v) is 7.21. The molecule has 16 heavy (non-hydrogen) atoms. The van der Waals surface area contributed by atoms with E-state index in [1.807, 2.05) is 19.1 Å². The molecule has 2 atom stereocenters. The number of hydrogen-bond acceptors (Lipinski definition) is 1. The maximum absolute atomic E-state index is 9.54. The summed E-state index contributed by atoms with van der Waals surface area (Å²) in [5.41, 5.74) is 2.63. The monoisotopic (exact) mass is 238 g/mol. The van der Waals surface area contributed by atoms with Gasteiger partial charge in [-0.2, -0.15) is 0 Å². The van der Waals surface area contributed by atoms with Gasteiger partial charge < -0.3 is 5.11 Å². The number of hydrogen-bond donors (Lipinski definition) is 1. The average molecular weight is 238 g/mol. The van der Waals surface area contributed by atoms with Crippen molar-refractivity contribution < 1.29 is 5.11 Å². The Labute approximate surface area is 101 Å². The summed E-state index contributed by atoms with van der Waals surface area (Å²) in [6, 6.07) is 0. The third-order valence-corrected chi connectivity index (χ3v) is 3.86. The minimum Gasteiger partial charge on any atom is -0.508 e. The van der Waals surface area contributed by atoms with Gasteiger partial charge in [0.25, 0.3) is 0 Å². The van der Waals surface area contributed by atoms with E-state index >= 15 is 0 Å². The summed E-state index contributed by atoms with van der Waals surface area (Å²) in [4.78, 5) is 0. The quantitative estimate of drug-likeness (QED) is 0.390. The van der Waals surface area contributed by atoms with Crippen molar-refractivity contribution in [3.05, 3.63) is 48.3 Å². The van der Waals surface area contributed by atoms with Crippen molar-refractivity contribution in [2.75, 3.05) is 6.66 Å². The maximum atomic E-state index is 9.54. The van der Waals surface area contributed by atoms with Crippen LogP contribution >= 0.6 is 8.58 Å².